The van der Waals surface area contributed by atoms with Gasteiger partial charge in [-0.25, -0.2) is 4.98 Å². The normalized spacial score (nSPS) is 12.2. The third-order valence-electron chi connectivity index (χ3n) is 2.80. The van der Waals surface area contributed by atoms with Crippen LogP contribution in [0.15, 0.2) is 30.6 Å². The Bertz CT molecular complexity index is 564. The van der Waals surface area contributed by atoms with Crippen LogP contribution in [0, 0.1) is 0 Å². The highest BCUT2D eigenvalue weighted by atomic mass is 35.5. The van der Waals surface area contributed by atoms with Gasteiger partial charge in [-0.05, 0) is 31.5 Å². The highest BCUT2D eigenvalue weighted by Gasteiger charge is 2.13. The Labute approximate surface area is 116 Å². The lowest BCUT2D eigenvalue weighted by Gasteiger charge is -2.12. The molecule has 0 radical (unpaired) electrons. The van der Waals surface area contributed by atoms with Crippen molar-refractivity contribution in [2.75, 3.05) is 0 Å². The van der Waals surface area contributed by atoms with E-state index in [1.807, 2.05) is 19.9 Å². The third kappa shape index (κ3) is 3.32. The molecule has 0 aromatic carbocycles. The molecule has 6 heteroatoms. The molecule has 1 unspecified atom stereocenters. The zero-order valence-corrected chi connectivity index (χ0v) is 11.6. The number of carbonyl (C=O) groups excluding carboxylic acids is 1. The second-order valence-electron chi connectivity index (χ2n) is 4.17. The monoisotopic (exact) mass is 278 g/mol. The van der Waals surface area contributed by atoms with Gasteiger partial charge in [0.25, 0.3) is 5.91 Å². The van der Waals surface area contributed by atoms with Crippen molar-refractivity contribution in [1.29, 1.82) is 0 Å². The average Bonchev–Trinajstić information content (AvgIpc) is 2.88. The Morgan fingerprint density at radius 3 is 2.84 bits per heavy atom. The number of rotatable bonds is 4. The van der Waals surface area contributed by atoms with Crippen LogP contribution < -0.4 is 5.32 Å². The number of hydrogen-bond donors (Lipinski definition) is 1. The molecule has 0 aliphatic heterocycles. The van der Waals surface area contributed by atoms with Crippen molar-refractivity contribution in [2.45, 2.75) is 26.4 Å². The molecule has 2 rings (SSSR count). The highest BCUT2D eigenvalue weighted by Crippen LogP contribution is 2.13. The Hall–Kier alpha value is -1.88. The second-order valence-corrected chi connectivity index (χ2v) is 4.55. The molecule has 2 aromatic heterocycles. The summed E-state index contributed by atoms with van der Waals surface area (Å²) in [6.07, 6.45) is 3.43. The van der Waals surface area contributed by atoms with Crippen LogP contribution in [-0.4, -0.2) is 20.7 Å². The second kappa shape index (κ2) is 5.84. The molecule has 0 fully saturated rings. The smallest absolute Gasteiger partial charge is 0.272 e. The number of carbonyl (C=O) groups is 1. The summed E-state index contributed by atoms with van der Waals surface area (Å²) in [6.45, 7) is 4.60. The summed E-state index contributed by atoms with van der Waals surface area (Å²) in [6, 6.07) is 5.09. The van der Waals surface area contributed by atoms with Gasteiger partial charge in [-0.15, -0.1) is 0 Å². The van der Waals surface area contributed by atoms with Crippen molar-refractivity contribution in [3.8, 4) is 0 Å². The maximum absolute atomic E-state index is 12.0. The Morgan fingerprint density at radius 1 is 1.47 bits per heavy atom. The molecule has 2 heterocycles. The van der Waals surface area contributed by atoms with E-state index in [1.165, 1.54) is 0 Å². The van der Waals surface area contributed by atoms with Gasteiger partial charge < -0.3 is 5.32 Å². The van der Waals surface area contributed by atoms with E-state index in [1.54, 1.807) is 29.2 Å². The largest absolute Gasteiger partial charge is 0.344 e. The fraction of sp³-hybridized carbons (Fsp3) is 0.308. The van der Waals surface area contributed by atoms with E-state index >= 15 is 0 Å². The molecule has 0 aliphatic rings. The number of hydrogen-bond acceptors (Lipinski definition) is 3. The standard InChI is InChI=1S/C13H15ClN4O/c1-3-18-7-6-11(17-18)13(19)16-9(2)10-4-5-12(14)15-8-10/h4-9H,3H2,1-2H3,(H,16,19). The molecule has 0 spiro atoms. The molecule has 0 saturated heterocycles. The molecule has 100 valence electrons. The molecule has 1 atom stereocenters. The summed E-state index contributed by atoms with van der Waals surface area (Å²) in [4.78, 5) is 16.0. The third-order valence-corrected chi connectivity index (χ3v) is 3.02. The number of pyridine rings is 1. The van der Waals surface area contributed by atoms with Gasteiger partial charge in [-0.1, -0.05) is 17.7 Å². The topological polar surface area (TPSA) is 59.8 Å². The fourth-order valence-corrected chi connectivity index (χ4v) is 1.77. The number of aromatic nitrogens is 3. The van der Waals surface area contributed by atoms with Gasteiger partial charge in [0.2, 0.25) is 0 Å². The first-order chi connectivity index (χ1) is 9.10. The molecule has 0 bridgehead atoms. The number of nitrogens with zero attached hydrogens (tertiary/aromatic N) is 3. The Balaban J connectivity index is 2.04. The van der Waals surface area contributed by atoms with Crippen LogP contribution in [0.25, 0.3) is 0 Å². The number of aryl methyl sites for hydroxylation is 1. The number of amides is 1. The maximum Gasteiger partial charge on any atom is 0.272 e. The van der Waals surface area contributed by atoms with Crippen LogP contribution in [-0.2, 0) is 6.54 Å². The summed E-state index contributed by atoms with van der Waals surface area (Å²) >= 11 is 5.73. The Morgan fingerprint density at radius 2 is 2.26 bits per heavy atom. The van der Waals surface area contributed by atoms with Gasteiger partial charge in [-0.2, -0.15) is 5.10 Å². The van der Waals surface area contributed by atoms with Gasteiger partial charge in [0, 0.05) is 18.9 Å². The molecule has 5 nitrogen and oxygen atoms in total. The number of nitrogens with one attached hydrogen (secondary N) is 1. The van der Waals surface area contributed by atoms with Crippen molar-refractivity contribution in [3.05, 3.63) is 47.0 Å². The molecular formula is C13H15ClN4O. The zero-order valence-electron chi connectivity index (χ0n) is 10.8. The average molecular weight is 279 g/mol. The summed E-state index contributed by atoms with van der Waals surface area (Å²) in [5, 5.41) is 7.46. The first-order valence-electron chi connectivity index (χ1n) is 6.06. The quantitative estimate of drug-likeness (QED) is 0.874. The van der Waals surface area contributed by atoms with Gasteiger partial charge in [-0.3, -0.25) is 9.48 Å². The van der Waals surface area contributed by atoms with E-state index in [4.69, 9.17) is 11.6 Å². The van der Waals surface area contributed by atoms with Crippen molar-refractivity contribution < 1.29 is 4.79 Å². The van der Waals surface area contributed by atoms with Crippen molar-refractivity contribution >= 4 is 17.5 Å². The van der Waals surface area contributed by atoms with E-state index in [-0.39, 0.29) is 11.9 Å². The van der Waals surface area contributed by atoms with Gasteiger partial charge in [0.05, 0.1) is 6.04 Å². The van der Waals surface area contributed by atoms with Crippen LogP contribution in [0.3, 0.4) is 0 Å². The minimum absolute atomic E-state index is 0.149. The first kappa shape index (κ1) is 13.5. The molecule has 1 N–H and O–H groups in total. The van der Waals surface area contributed by atoms with Gasteiger partial charge in [0.15, 0.2) is 0 Å². The van der Waals surface area contributed by atoms with Gasteiger partial charge in [0.1, 0.15) is 10.8 Å². The summed E-state index contributed by atoms with van der Waals surface area (Å²) in [7, 11) is 0. The summed E-state index contributed by atoms with van der Waals surface area (Å²) in [5.41, 5.74) is 1.31. The molecular weight excluding hydrogens is 264 g/mol. The predicted molar refractivity (Wildman–Crippen MR) is 73.0 cm³/mol. The molecule has 2 aromatic rings. The van der Waals surface area contributed by atoms with E-state index in [0.29, 0.717) is 10.8 Å². The lowest BCUT2D eigenvalue weighted by atomic mass is 10.1. The molecule has 0 aliphatic carbocycles. The predicted octanol–water partition coefficient (Wildman–Crippen LogP) is 2.44. The van der Waals surface area contributed by atoms with Crippen molar-refractivity contribution in [1.82, 2.24) is 20.1 Å². The maximum atomic E-state index is 12.0. The summed E-state index contributed by atoms with van der Waals surface area (Å²) in [5.74, 6) is -0.199. The van der Waals surface area contributed by atoms with Crippen LogP contribution in [0.4, 0.5) is 0 Å². The van der Waals surface area contributed by atoms with Crippen molar-refractivity contribution in [2.24, 2.45) is 0 Å². The minimum Gasteiger partial charge on any atom is -0.344 e. The van der Waals surface area contributed by atoms with E-state index in [0.717, 1.165) is 12.1 Å². The van der Waals surface area contributed by atoms with Crippen LogP contribution >= 0.6 is 11.6 Å². The SMILES string of the molecule is CCn1ccc(C(=O)NC(C)c2ccc(Cl)nc2)n1. The molecule has 0 saturated carbocycles. The molecule has 19 heavy (non-hydrogen) atoms. The molecule has 1 amide bonds. The summed E-state index contributed by atoms with van der Waals surface area (Å²) < 4.78 is 1.71. The Kier molecular flexibility index (Phi) is 4.16. The van der Waals surface area contributed by atoms with Crippen LogP contribution in [0.5, 0.6) is 0 Å². The van der Waals surface area contributed by atoms with E-state index in [9.17, 15) is 4.79 Å². The lowest BCUT2D eigenvalue weighted by molar-refractivity contribution is 0.0934. The van der Waals surface area contributed by atoms with Crippen LogP contribution in [0.2, 0.25) is 5.15 Å². The first-order valence-corrected chi connectivity index (χ1v) is 6.43. The zero-order chi connectivity index (χ0) is 13.8. The van der Waals surface area contributed by atoms with Crippen molar-refractivity contribution in [3.63, 3.8) is 0 Å². The fourth-order valence-electron chi connectivity index (χ4n) is 1.66. The number of halogens is 1. The highest BCUT2D eigenvalue weighted by molar-refractivity contribution is 6.29. The van der Waals surface area contributed by atoms with Crippen LogP contribution in [0.1, 0.15) is 35.9 Å². The van der Waals surface area contributed by atoms with E-state index < -0.39 is 0 Å². The lowest BCUT2D eigenvalue weighted by Crippen LogP contribution is -2.27. The van der Waals surface area contributed by atoms with E-state index in [2.05, 4.69) is 15.4 Å². The van der Waals surface area contributed by atoms with Gasteiger partial charge >= 0.3 is 0 Å². The minimum atomic E-state index is -0.199.